The van der Waals surface area contributed by atoms with Gasteiger partial charge in [-0.1, -0.05) is 29.8 Å². The fourth-order valence-corrected chi connectivity index (χ4v) is 3.16. The van der Waals surface area contributed by atoms with E-state index < -0.39 is 12.0 Å². The highest BCUT2D eigenvalue weighted by atomic mass is 79.9. The van der Waals surface area contributed by atoms with Gasteiger partial charge in [0.05, 0.1) is 5.75 Å². The molecule has 1 unspecified atom stereocenters. The molecule has 6 heteroatoms. The van der Waals surface area contributed by atoms with Crippen LogP contribution in [0.1, 0.15) is 25.0 Å². The summed E-state index contributed by atoms with van der Waals surface area (Å²) in [5.41, 5.74) is 2.19. The van der Waals surface area contributed by atoms with Crippen LogP contribution >= 0.6 is 27.7 Å². The summed E-state index contributed by atoms with van der Waals surface area (Å²) in [6, 6.07) is 3.20. The highest BCUT2D eigenvalue weighted by Crippen LogP contribution is 2.28. The molecule has 0 radical (unpaired) electrons. The predicted octanol–water partition coefficient (Wildman–Crippen LogP) is 3.38. The molecule has 0 fully saturated rings. The second kappa shape index (κ2) is 7.84. The number of thioether (sulfide) groups is 1. The SMILES string of the molecule is Cc1cc(SCC(=O)NC(C(=O)O)C(C)C)c(C)cc1Br. The maximum absolute atomic E-state index is 11.9. The lowest BCUT2D eigenvalue weighted by Gasteiger charge is -2.18. The number of hydrogen-bond donors (Lipinski definition) is 2. The fraction of sp³-hybridized carbons (Fsp3) is 0.467. The Hall–Kier alpha value is -1.01. The van der Waals surface area contributed by atoms with Crippen molar-refractivity contribution in [1.82, 2.24) is 5.32 Å². The minimum Gasteiger partial charge on any atom is -0.480 e. The number of carboxylic acid groups (broad SMARTS) is 1. The predicted molar refractivity (Wildman–Crippen MR) is 88.7 cm³/mol. The molecule has 0 heterocycles. The Kier molecular flexibility index (Phi) is 6.74. The van der Waals surface area contributed by atoms with E-state index in [4.69, 9.17) is 5.11 Å². The zero-order valence-corrected chi connectivity index (χ0v) is 15.0. The number of hydrogen-bond acceptors (Lipinski definition) is 3. The summed E-state index contributed by atoms with van der Waals surface area (Å²) in [5, 5.41) is 11.6. The molecule has 4 nitrogen and oxygen atoms in total. The van der Waals surface area contributed by atoms with E-state index in [-0.39, 0.29) is 17.6 Å². The first-order valence-electron chi connectivity index (χ1n) is 6.64. The van der Waals surface area contributed by atoms with Crippen LogP contribution in [-0.4, -0.2) is 28.8 Å². The standard InChI is InChI=1S/C15H20BrNO3S/c1-8(2)14(15(19)20)17-13(18)7-21-12-6-9(3)11(16)5-10(12)4/h5-6,8,14H,7H2,1-4H3,(H,17,18)(H,19,20). The van der Waals surface area contributed by atoms with Crippen molar-refractivity contribution >= 4 is 39.6 Å². The number of amides is 1. The molecule has 2 N–H and O–H groups in total. The molecule has 0 spiro atoms. The van der Waals surface area contributed by atoms with Gasteiger partial charge in [0.25, 0.3) is 0 Å². The van der Waals surface area contributed by atoms with Gasteiger partial charge in [-0.05, 0) is 43.0 Å². The first-order valence-corrected chi connectivity index (χ1v) is 8.42. The van der Waals surface area contributed by atoms with Crippen molar-refractivity contribution in [2.24, 2.45) is 5.92 Å². The Balaban J connectivity index is 2.65. The minimum atomic E-state index is -1.00. The Bertz CT molecular complexity index is 546. The molecule has 0 saturated carbocycles. The summed E-state index contributed by atoms with van der Waals surface area (Å²) >= 11 is 4.89. The number of halogens is 1. The van der Waals surface area contributed by atoms with Crippen molar-refractivity contribution in [3.63, 3.8) is 0 Å². The van der Waals surface area contributed by atoms with Gasteiger partial charge in [0.15, 0.2) is 0 Å². The molecule has 0 bridgehead atoms. The van der Waals surface area contributed by atoms with Gasteiger partial charge in [-0.3, -0.25) is 4.79 Å². The average molecular weight is 374 g/mol. The van der Waals surface area contributed by atoms with E-state index in [2.05, 4.69) is 21.2 Å². The van der Waals surface area contributed by atoms with E-state index in [9.17, 15) is 9.59 Å². The molecule has 116 valence electrons. The first-order chi connectivity index (χ1) is 9.72. The van der Waals surface area contributed by atoms with Crippen LogP contribution < -0.4 is 5.32 Å². The number of aliphatic carboxylic acids is 1. The van der Waals surface area contributed by atoms with Crippen LogP contribution in [0, 0.1) is 19.8 Å². The van der Waals surface area contributed by atoms with Gasteiger partial charge in [-0.25, -0.2) is 4.79 Å². The van der Waals surface area contributed by atoms with Crippen molar-refractivity contribution in [3.05, 3.63) is 27.7 Å². The van der Waals surface area contributed by atoms with Crippen LogP contribution in [0.15, 0.2) is 21.5 Å². The zero-order chi connectivity index (χ0) is 16.2. The molecule has 0 aromatic heterocycles. The molecule has 1 atom stereocenters. The molecule has 0 aliphatic carbocycles. The highest BCUT2D eigenvalue weighted by molar-refractivity contribution is 9.10. The second-order valence-corrected chi connectivity index (χ2v) is 7.15. The molecular weight excluding hydrogens is 354 g/mol. The van der Waals surface area contributed by atoms with Crippen molar-refractivity contribution in [3.8, 4) is 0 Å². The summed E-state index contributed by atoms with van der Waals surface area (Å²) in [6.07, 6.45) is 0. The van der Waals surface area contributed by atoms with Crippen LogP contribution in [0.5, 0.6) is 0 Å². The first kappa shape index (κ1) is 18.0. The molecular formula is C15H20BrNO3S. The largest absolute Gasteiger partial charge is 0.480 e. The van der Waals surface area contributed by atoms with Crippen LogP contribution in [-0.2, 0) is 9.59 Å². The van der Waals surface area contributed by atoms with Crippen LogP contribution in [0.4, 0.5) is 0 Å². The van der Waals surface area contributed by atoms with E-state index in [0.29, 0.717) is 0 Å². The molecule has 21 heavy (non-hydrogen) atoms. The van der Waals surface area contributed by atoms with E-state index >= 15 is 0 Å². The molecule has 1 rings (SSSR count). The van der Waals surface area contributed by atoms with Crippen molar-refractivity contribution in [2.45, 2.75) is 38.6 Å². The third-order valence-corrected chi connectivity index (χ3v) is 5.08. The molecule has 0 aliphatic heterocycles. The Morgan fingerprint density at radius 2 is 1.90 bits per heavy atom. The number of carbonyl (C=O) groups is 2. The summed E-state index contributed by atoms with van der Waals surface area (Å²) in [6.45, 7) is 7.52. The number of nitrogens with one attached hydrogen (secondary N) is 1. The second-order valence-electron chi connectivity index (χ2n) is 5.28. The van der Waals surface area contributed by atoms with Crippen molar-refractivity contribution in [1.29, 1.82) is 0 Å². The highest BCUT2D eigenvalue weighted by Gasteiger charge is 2.23. The van der Waals surface area contributed by atoms with E-state index in [1.807, 2.05) is 26.0 Å². The third-order valence-electron chi connectivity index (χ3n) is 3.06. The quantitative estimate of drug-likeness (QED) is 0.750. The van der Waals surface area contributed by atoms with Gasteiger partial charge in [0, 0.05) is 9.37 Å². The van der Waals surface area contributed by atoms with E-state index in [0.717, 1.165) is 20.5 Å². The monoisotopic (exact) mass is 373 g/mol. The van der Waals surface area contributed by atoms with Crippen LogP contribution in [0.3, 0.4) is 0 Å². The minimum absolute atomic E-state index is 0.145. The molecule has 0 aliphatic rings. The van der Waals surface area contributed by atoms with Crippen molar-refractivity contribution < 1.29 is 14.7 Å². The van der Waals surface area contributed by atoms with Gasteiger partial charge in [-0.15, -0.1) is 11.8 Å². The molecule has 0 saturated heterocycles. The van der Waals surface area contributed by atoms with E-state index in [1.165, 1.54) is 11.8 Å². The van der Waals surface area contributed by atoms with Gasteiger partial charge < -0.3 is 10.4 Å². The molecule has 1 amide bonds. The van der Waals surface area contributed by atoms with Crippen molar-refractivity contribution in [2.75, 3.05) is 5.75 Å². The fourth-order valence-electron chi connectivity index (χ4n) is 1.78. The van der Waals surface area contributed by atoms with Crippen LogP contribution in [0.25, 0.3) is 0 Å². The zero-order valence-electron chi connectivity index (χ0n) is 12.6. The van der Waals surface area contributed by atoms with Gasteiger partial charge >= 0.3 is 5.97 Å². The summed E-state index contributed by atoms with van der Waals surface area (Å²) < 4.78 is 1.04. The lowest BCUT2D eigenvalue weighted by Crippen LogP contribution is -2.45. The summed E-state index contributed by atoms with van der Waals surface area (Å²) in [5.74, 6) is -1.20. The van der Waals surface area contributed by atoms with E-state index in [1.54, 1.807) is 13.8 Å². The Labute approximate surface area is 137 Å². The maximum atomic E-state index is 11.9. The van der Waals surface area contributed by atoms with Gasteiger partial charge in [0.2, 0.25) is 5.91 Å². The number of aryl methyl sites for hydroxylation is 2. The summed E-state index contributed by atoms with van der Waals surface area (Å²) in [7, 11) is 0. The molecule has 1 aromatic carbocycles. The number of carboxylic acids is 1. The number of benzene rings is 1. The topological polar surface area (TPSA) is 66.4 Å². The lowest BCUT2D eigenvalue weighted by atomic mass is 10.1. The average Bonchev–Trinajstić information content (AvgIpc) is 2.37. The van der Waals surface area contributed by atoms with Gasteiger partial charge in [-0.2, -0.15) is 0 Å². The summed E-state index contributed by atoms with van der Waals surface area (Å²) in [4.78, 5) is 24.0. The number of rotatable bonds is 6. The third kappa shape index (κ3) is 5.36. The normalized spacial score (nSPS) is 12.3. The number of carbonyl (C=O) groups excluding carboxylic acids is 1. The molecule has 1 aromatic rings. The maximum Gasteiger partial charge on any atom is 0.326 e. The smallest absolute Gasteiger partial charge is 0.326 e. The Morgan fingerprint density at radius 1 is 1.29 bits per heavy atom. The van der Waals surface area contributed by atoms with Gasteiger partial charge in [0.1, 0.15) is 6.04 Å². The van der Waals surface area contributed by atoms with Crippen LogP contribution in [0.2, 0.25) is 0 Å². The lowest BCUT2D eigenvalue weighted by molar-refractivity contribution is -0.142. The Morgan fingerprint density at radius 3 is 2.43 bits per heavy atom.